The highest BCUT2D eigenvalue weighted by atomic mass is 79.9. The molecular formula is C16H26BrN3. The molecule has 20 heavy (non-hydrogen) atoms. The van der Waals surface area contributed by atoms with E-state index < -0.39 is 0 Å². The van der Waals surface area contributed by atoms with Crippen LogP contribution in [0.3, 0.4) is 0 Å². The number of anilines is 1. The first-order chi connectivity index (χ1) is 9.65. The van der Waals surface area contributed by atoms with Crippen molar-refractivity contribution < 1.29 is 0 Å². The number of rotatable bonds is 5. The van der Waals surface area contributed by atoms with E-state index in [1.165, 1.54) is 15.7 Å². The molecule has 112 valence electrons. The van der Waals surface area contributed by atoms with Crippen molar-refractivity contribution in [3.63, 3.8) is 0 Å². The molecule has 1 unspecified atom stereocenters. The monoisotopic (exact) mass is 339 g/mol. The summed E-state index contributed by atoms with van der Waals surface area (Å²) in [4.78, 5) is 5.09. The molecule has 3 nitrogen and oxygen atoms in total. The second kappa shape index (κ2) is 7.43. The van der Waals surface area contributed by atoms with Crippen LogP contribution in [0.25, 0.3) is 0 Å². The second-order valence-corrected chi connectivity index (χ2v) is 6.39. The first-order valence-electron chi connectivity index (χ1n) is 7.63. The van der Waals surface area contributed by atoms with Gasteiger partial charge in [-0.1, -0.05) is 35.8 Å². The second-order valence-electron chi connectivity index (χ2n) is 5.48. The number of hydrogen-bond acceptors (Lipinski definition) is 3. The average molecular weight is 340 g/mol. The third kappa shape index (κ3) is 3.74. The lowest BCUT2D eigenvalue weighted by Gasteiger charge is -2.41. The summed E-state index contributed by atoms with van der Waals surface area (Å²) in [5, 5.41) is 3.44. The van der Waals surface area contributed by atoms with Crippen molar-refractivity contribution in [1.82, 2.24) is 10.2 Å². The highest BCUT2D eigenvalue weighted by molar-refractivity contribution is 9.10. The van der Waals surface area contributed by atoms with Crippen molar-refractivity contribution in [3.05, 3.63) is 28.2 Å². The van der Waals surface area contributed by atoms with E-state index in [0.717, 1.165) is 39.3 Å². The summed E-state index contributed by atoms with van der Waals surface area (Å²) >= 11 is 3.61. The Labute approximate surface area is 131 Å². The molecule has 1 fully saturated rings. The van der Waals surface area contributed by atoms with Crippen LogP contribution in [0.2, 0.25) is 0 Å². The van der Waals surface area contributed by atoms with Crippen LogP contribution in [0, 0.1) is 0 Å². The highest BCUT2D eigenvalue weighted by Gasteiger charge is 2.23. The summed E-state index contributed by atoms with van der Waals surface area (Å²) in [6.07, 6.45) is 0. The molecule has 2 rings (SSSR count). The Morgan fingerprint density at radius 2 is 2.10 bits per heavy atom. The van der Waals surface area contributed by atoms with Crippen molar-refractivity contribution in [1.29, 1.82) is 0 Å². The summed E-state index contributed by atoms with van der Waals surface area (Å²) in [7, 11) is 0. The Morgan fingerprint density at radius 3 is 2.75 bits per heavy atom. The Kier molecular flexibility index (Phi) is 5.87. The molecule has 1 saturated heterocycles. The number of piperazine rings is 1. The molecule has 1 heterocycles. The first-order valence-corrected chi connectivity index (χ1v) is 8.43. The zero-order valence-electron chi connectivity index (χ0n) is 12.8. The summed E-state index contributed by atoms with van der Waals surface area (Å²) in [5.74, 6) is 0. The molecule has 0 aromatic heterocycles. The molecule has 1 aliphatic rings. The van der Waals surface area contributed by atoms with Gasteiger partial charge in [0, 0.05) is 42.4 Å². The molecule has 1 atom stereocenters. The fourth-order valence-corrected chi connectivity index (χ4v) is 3.27. The first kappa shape index (κ1) is 15.8. The van der Waals surface area contributed by atoms with Gasteiger partial charge in [0.25, 0.3) is 0 Å². The molecule has 0 saturated carbocycles. The minimum atomic E-state index is 0.625. The maximum atomic E-state index is 3.61. The standard InChI is InChI=1S/C16H26BrN3/c1-4-18-11-14-6-7-15(17)10-16(14)20-9-8-19(5-2)13(3)12-20/h6-7,10,13,18H,4-5,8-9,11-12H2,1-3H3. The lowest BCUT2D eigenvalue weighted by atomic mass is 10.1. The van der Waals surface area contributed by atoms with Crippen LogP contribution in [0.4, 0.5) is 5.69 Å². The van der Waals surface area contributed by atoms with E-state index >= 15 is 0 Å². The highest BCUT2D eigenvalue weighted by Crippen LogP contribution is 2.27. The molecule has 1 N–H and O–H groups in total. The van der Waals surface area contributed by atoms with Gasteiger partial charge in [0.05, 0.1) is 0 Å². The summed E-state index contributed by atoms with van der Waals surface area (Å²) in [5.41, 5.74) is 2.77. The minimum Gasteiger partial charge on any atom is -0.368 e. The maximum Gasteiger partial charge on any atom is 0.0424 e. The van der Waals surface area contributed by atoms with Crippen LogP contribution in [-0.2, 0) is 6.54 Å². The van der Waals surface area contributed by atoms with E-state index in [9.17, 15) is 0 Å². The molecule has 4 heteroatoms. The van der Waals surface area contributed by atoms with E-state index in [0.29, 0.717) is 6.04 Å². The van der Waals surface area contributed by atoms with Gasteiger partial charge in [-0.2, -0.15) is 0 Å². The van der Waals surface area contributed by atoms with Crippen LogP contribution >= 0.6 is 15.9 Å². The molecule has 1 aromatic carbocycles. The minimum absolute atomic E-state index is 0.625. The molecule has 0 radical (unpaired) electrons. The van der Waals surface area contributed by atoms with Gasteiger partial charge < -0.3 is 10.2 Å². The largest absolute Gasteiger partial charge is 0.368 e. The fraction of sp³-hybridized carbons (Fsp3) is 0.625. The Bertz CT molecular complexity index is 436. The van der Waals surface area contributed by atoms with Gasteiger partial charge in [0.1, 0.15) is 0 Å². The normalized spacial score (nSPS) is 20.4. The Balaban J connectivity index is 2.16. The van der Waals surface area contributed by atoms with Gasteiger partial charge in [0.2, 0.25) is 0 Å². The lowest BCUT2D eigenvalue weighted by molar-refractivity contribution is 0.199. The van der Waals surface area contributed by atoms with Gasteiger partial charge in [-0.3, -0.25) is 4.90 Å². The van der Waals surface area contributed by atoms with Gasteiger partial charge >= 0.3 is 0 Å². The van der Waals surface area contributed by atoms with Crippen molar-refractivity contribution in [2.45, 2.75) is 33.4 Å². The molecule has 0 bridgehead atoms. The van der Waals surface area contributed by atoms with E-state index in [1.54, 1.807) is 0 Å². The quantitative estimate of drug-likeness (QED) is 0.889. The molecule has 1 aromatic rings. The Hall–Kier alpha value is -0.580. The number of benzene rings is 1. The van der Waals surface area contributed by atoms with E-state index in [-0.39, 0.29) is 0 Å². The van der Waals surface area contributed by atoms with Gasteiger partial charge in [0.15, 0.2) is 0 Å². The number of hydrogen-bond donors (Lipinski definition) is 1. The summed E-state index contributed by atoms with van der Waals surface area (Å²) in [6, 6.07) is 7.27. The van der Waals surface area contributed by atoms with Gasteiger partial charge in [-0.15, -0.1) is 0 Å². The van der Waals surface area contributed by atoms with Crippen molar-refractivity contribution in [2.75, 3.05) is 37.6 Å². The van der Waals surface area contributed by atoms with Crippen LogP contribution in [0.15, 0.2) is 22.7 Å². The SMILES string of the molecule is CCNCc1ccc(Br)cc1N1CCN(CC)C(C)C1. The molecular weight excluding hydrogens is 314 g/mol. The van der Waals surface area contributed by atoms with Crippen molar-refractivity contribution in [2.24, 2.45) is 0 Å². The van der Waals surface area contributed by atoms with Gasteiger partial charge in [-0.05, 0) is 37.7 Å². The molecule has 0 amide bonds. The topological polar surface area (TPSA) is 18.5 Å². The molecule has 1 aliphatic heterocycles. The van der Waals surface area contributed by atoms with Crippen molar-refractivity contribution in [3.8, 4) is 0 Å². The predicted molar refractivity (Wildman–Crippen MR) is 90.4 cm³/mol. The smallest absolute Gasteiger partial charge is 0.0424 e. The fourth-order valence-electron chi connectivity index (χ4n) is 2.92. The van der Waals surface area contributed by atoms with Crippen LogP contribution < -0.4 is 10.2 Å². The zero-order valence-corrected chi connectivity index (χ0v) is 14.4. The van der Waals surface area contributed by atoms with E-state index in [4.69, 9.17) is 0 Å². The van der Waals surface area contributed by atoms with Crippen LogP contribution in [0.1, 0.15) is 26.3 Å². The number of nitrogens with one attached hydrogen (secondary N) is 1. The lowest BCUT2D eigenvalue weighted by Crippen LogP contribution is -2.52. The Morgan fingerprint density at radius 1 is 1.30 bits per heavy atom. The molecule has 0 spiro atoms. The van der Waals surface area contributed by atoms with Crippen LogP contribution in [0.5, 0.6) is 0 Å². The predicted octanol–water partition coefficient (Wildman–Crippen LogP) is 3.09. The summed E-state index contributed by atoms with van der Waals surface area (Å²) < 4.78 is 1.17. The third-order valence-corrected chi connectivity index (χ3v) is 4.62. The van der Waals surface area contributed by atoms with E-state index in [2.05, 4.69) is 70.0 Å². The molecule has 0 aliphatic carbocycles. The van der Waals surface area contributed by atoms with E-state index in [1.807, 2.05) is 0 Å². The van der Waals surface area contributed by atoms with Crippen LogP contribution in [-0.4, -0.2) is 43.7 Å². The number of halogens is 1. The number of nitrogens with zero attached hydrogens (tertiary/aromatic N) is 2. The zero-order chi connectivity index (χ0) is 14.5. The van der Waals surface area contributed by atoms with Gasteiger partial charge in [-0.25, -0.2) is 0 Å². The number of likely N-dealkylation sites (N-methyl/N-ethyl adjacent to an activating group) is 1. The third-order valence-electron chi connectivity index (χ3n) is 4.12. The maximum absolute atomic E-state index is 3.61. The van der Waals surface area contributed by atoms with Crippen molar-refractivity contribution >= 4 is 21.6 Å². The summed E-state index contributed by atoms with van der Waals surface area (Å²) in [6.45, 7) is 13.2. The average Bonchev–Trinajstić information content (AvgIpc) is 2.46.